The first-order valence-corrected chi connectivity index (χ1v) is 12.9. The van der Waals surface area contributed by atoms with Crippen molar-refractivity contribution < 1.29 is 18.3 Å². The minimum atomic E-state index is -0.901. The van der Waals surface area contributed by atoms with Gasteiger partial charge in [-0.2, -0.15) is 5.26 Å². The number of ether oxygens (including phenoxy) is 1. The molecule has 41 heavy (non-hydrogen) atoms. The number of allylic oxidation sites excluding steroid dienone is 1. The lowest BCUT2D eigenvalue weighted by molar-refractivity contribution is 0.105. The van der Waals surface area contributed by atoms with Gasteiger partial charge >= 0.3 is 0 Å². The number of halogens is 2. The zero-order valence-electron chi connectivity index (χ0n) is 23.3. The summed E-state index contributed by atoms with van der Waals surface area (Å²) in [5, 5.41) is 16.1. The number of Topliss-reactive ketones (excluding diaryl/α,β-unsaturated/α-hetero) is 1. The molecule has 3 heterocycles. The number of alkyl halides is 1. The van der Waals surface area contributed by atoms with Crippen LogP contribution in [-0.2, 0) is 6.54 Å². The van der Waals surface area contributed by atoms with Crippen LogP contribution in [0.4, 0.5) is 20.3 Å². The number of hydrogen-bond acceptors (Lipinski definition) is 8. The predicted octanol–water partition coefficient (Wildman–Crippen LogP) is 5.83. The number of benzene rings is 2. The minimum absolute atomic E-state index is 0.0976. The third kappa shape index (κ3) is 7.94. The number of aromatic amines is 1. The zero-order valence-corrected chi connectivity index (χ0v) is 23.3. The summed E-state index contributed by atoms with van der Waals surface area (Å²) in [6.45, 7) is 11.9. The highest BCUT2D eigenvalue weighted by molar-refractivity contribution is 6.12. The van der Waals surface area contributed by atoms with Crippen molar-refractivity contribution in [2.45, 2.75) is 20.4 Å². The van der Waals surface area contributed by atoms with Crippen LogP contribution in [0.2, 0.25) is 0 Å². The highest BCUT2D eigenvalue weighted by Gasteiger charge is 2.23. The Morgan fingerprint density at radius 2 is 1.88 bits per heavy atom. The minimum Gasteiger partial charge on any atom is -0.435 e. The topological polar surface area (TPSA) is 119 Å². The highest BCUT2D eigenvalue weighted by atomic mass is 19.1. The van der Waals surface area contributed by atoms with Gasteiger partial charge in [-0.15, -0.1) is 6.58 Å². The summed E-state index contributed by atoms with van der Waals surface area (Å²) in [6.07, 6.45) is 2.95. The summed E-state index contributed by atoms with van der Waals surface area (Å²) in [6, 6.07) is 14.1. The number of rotatable bonds is 7. The Hall–Kier alpha value is -4.66. The van der Waals surface area contributed by atoms with Crippen LogP contribution in [0.1, 0.15) is 28.5 Å². The van der Waals surface area contributed by atoms with Gasteiger partial charge in [-0.05, 0) is 49.7 Å². The molecular weight excluding hydrogens is 528 g/mol. The molecule has 4 aromatic rings. The van der Waals surface area contributed by atoms with Gasteiger partial charge in [0.05, 0.1) is 7.18 Å². The number of nitrogens with zero attached hydrogens (tertiary/aromatic N) is 4. The van der Waals surface area contributed by atoms with Crippen LogP contribution in [0.15, 0.2) is 61.4 Å². The Balaban J connectivity index is 0.000000868. The summed E-state index contributed by atoms with van der Waals surface area (Å²) in [7, 11) is 0.500. The number of hydrogen-bond donors (Lipinski definition) is 3. The first-order chi connectivity index (χ1) is 19.9. The number of nitriles is 1. The van der Waals surface area contributed by atoms with E-state index in [0.717, 1.165) is 44.0 Å². The van der Waals surface area contributed by atoms with Gasteiger partial charge in [0, 0.05) is 55.0 Å². The smallest absolute Gasteiger partial charge is 0.271 e. The van der Waals surface area contributed by atoms with E-state index in [1.807, 2.05) is 38.1 Å². The summed E-state index contributed by atoms with van der Waals surface area (Å²) in [4.78, 5) is 26.1. The lowest BCUT2D eigenvalue weighted by atomic mass is 10.1. The van der Waals surface area contributed by atoms with Gasteiger partial charge in [0.15, 0.2) is 11.6 Å². The maximum Gasteiger partial charge on any atom is 0.271 e. The molecule has 1 saturated heterocycles. The first-order valence-electron chi connectivity index (χ1n) is 12.9. The maximum atomic E-state index is 15.1. The Kier molecular flexibility index (Phi) is 11.5. The molecule has 0 amide bonds. The van der Waals surface area contributed by atoms with Crippen molar-refractivity contribution in [3.8, 4) is 17.7 Å². The second kappa shape index (κ2) is 15.2. The molecular formula is C30H33F2N7O2. The van der Waals surface area contributed by atoms with Gasteiger partial charge in [-0.1, -0.05) is 18.2 Å². The van der Waals surface area contributed by atoms with E-state index in [4.69, 9.17) is 4.74 Å². The third-order valence-electron chi connectivity index (χ3n) is 6.02. The molecule has 1 aliphatic rings. The SMILES string of the molecule is C=CC.CF.Cc1cc2c(F)c(Oc3ncnc(Nc4ccc(CN5CCNCC5)cc4)c3C(=O)C#N)ccc2[nH]1. The van der Waals surface area contributed by atoms with Crippen LogP contribution in [0.5, 0.6) is 11.6 Å². The number of aromatic nitrogens is 3. The Morgan fingerprint density at radius 1 is 1.20 bits per heavy atom. The Bertz CT molecular complexity index is 1510. The van der Waals surface area contributed by atoms with Crippen molar-refractivity contribution in [3.05, 3.63) is 84.1 Å². The van der Waals surface area contributed by atoms with Crippen molar-refractivity contribution >= 4 is 28.2 Å². The molecule has 0 atom stereocenters. The molecule has 0 aliphatic carbocycles. The highest BCUT2D eigenvalue weighted by Crippen LogP contribution is 2.33. The number of aryl methyl sites for hydroxylation is 1. The molecule has 0 bridgehead atoms. The zero-order chi connectivity index (χ0) is 29.8. The Labute approximate surface area is 237 Å². The molecule has 3 N–H and O–H groups in total. The van der Waals surface area contributed by atoms with E-state index in [1.54, 1.807) is 24.3 Å². The average Bonchev–Trinajstić information content (AvgIpc) is 3.38. The summed E-state index contributed by atoms with van der Waals surface area (Å²) >= 11 is 0. The lowest BCUT2D eigenvalue weighted by Gasteiger charge is -2.27. The monoisotopic (exact) mass is 561 g/mol. The van der Waals surface area contributed by atoms with Gasteiger partial charge in [-0.25, -0.2) is 14.4 Å². The van der Waals surface area contributed by atoms with Crippen molar-refractivity contribution in [2.75, 3.05) is 38.7 Å². The van der Waals surface area contributed by atoms with Crippen molar-refractivity contribution in [1.82, 2.24) is 25.2 Å². The van der Waals surface area contributed by atoms with E-state index in [9.17, 15) is 14.4 Å². The van der Waals surface area contributed by atoms with Crippen LogP contribution >= 0.6 is 0 Å². The van der Waals surface area contributed by atoms with E-state index < -0.39 is 11.6 Å². The number of fused-ring (bicyclic) bond motifs is 1. The summed E-state index contributed by atoms with van der Waals surface area (Å²) in [5.41, 5.74) is 3.08. The van der Waals surface area contributed by atoms with Crippen LogP contribution in [0, 0.1) is 24.1 Å². The van der Waals surface area contributed by atoms with Gasteiger partial charge in [0.25, 0.3) is 5.78 Å². The molecule has 2 aromatic carbocycles. The van der Waals surface area contributed by atoms with Crippen molar-refractivity contribution in [3.63, 3.8) is 0 Å². The number of H-pyrrole nitrogens is 1. The second-order valence-corrected chi connectivity index (χ2v) is 8.99. The summed E-state index contributed by atoms with van der Waals surface area (Å²) in [5.74, 6) is -1.72. The summed E-state index contributed by atoms with van der Waals surface area (Å²) < 4.78 is 30.3. The number of nitrogens with one attached hydrogen (secondary N) is 3. The number of carbonyl (C=O) groups is 1. The molecule has 11 heteroatoms. The lowest BCUT2D eigenvalue weighted by Crippen LogP contribution is -2.42. The molecule has 0 radical (unpaired) electrons. The Morgan fingerprint density at radius 3 is 2.54 bits per heavy atom. The van der Waals surface area contributed by atoms with Crippen molar-refractivity contribution in [1.29, 1.82) is 5.26 Å². The molecule has 2 aromatic heterocycles. The van der Waals surface area contributed by atoms with Gasteiger partial charge in [-0.3, -0.25) is 14.1 Å². The van der Waals surface area contributed by atoms with Crippen LogP contribution in [0.3, 0.4) is 0 Å². The third-order valence-corrected chi connectivity index (χ3v) is 6.02. The molecule has 9 nitrogen and oxygen atoms in total. The van der Waals surface area contributed by atoms with E-state index in [-0.39, 0.29) is 23.0 Å². The van der Waals surface area contributed by atoms with Gasteiger partial charge in [0.2, 0.25) is 5.88 Å². The second-order valence-electron chi connectivity index (χ2n) is 8.99. The standard InChI is InChI=1S/C26H24FN7O2.C3H6.CH3F/c1-16-12-19-20(32-16)6-7-22(24(19)27)36-26-23(21(35)13-28)25(30-15-31-26)33-18-4-2-17(3-5-18)14-34-10-8-29-9-11-34;1-3-2;1-2/h2-7,12,15,29,32H,8-11,14H2,1H3,(H,30,31,33);3H,1H2,2H3;1H3. The predicted molar refractivity (Wildman–Crippen MR) is 156 cm³/mol. The average molecular weight is 562 g/mol. The van der Waals surface area contributed by atoms with Gasteiger partial charge < -0.3 is 20.4 Å². The fraction of sp³-hybridized carbons (Fsp3) is 0.267. The largest absolute Gasteiger partial charge is 0.435 e. The quantitative estimate of drug-likeness (QED) is 0.147. The molecule has 0 saturated carbocycles. The first kappa shape index (κ1) is 30.9. The van der Waals surface area contributed by atoms with E-state index >= 15 is 4.39 Å². The molecule has 214 valence electrons. The van der Waals surface area contributed by atoms with Crippen molar-refractivity contribution in [2.24, 2.45) is 0 Å². The van der Waals surface area contributed by atoms with Crippen LogP contribution < -0.4 is 15.4 Å². The van der Waals surface area contributed by atoms with Crippen LogP contribution in [0.25, 0.3) is 10.9 Å². The van der Waals surface area contributed by atoms with Crippen LogP contribution in [-0.4, -0.2) is 59.0 Å². The van der Waals surface area contributed by atoms with E-state index in [2.05, 4.69) is 37.1 Å². The molecule has 1 aliphatic heterocycles. The number of piperazine rings is 1. The van der Waals surface area contributed by atoms with E-state index in [1.165, 1.54) is 12.4 Å². The maximum absolute atomic E-state index is 15.1. The van der Waals surface area contributed by atoms with Gasteiger partial charge in [0.1, 0.15) is 23.8 Å². The number of carbonyl (C=O) groups excluding carboxylic acids is 1. The molecule has 0 spiro atoms. The fourth-order valence-electron chi connectivity index (χ4n) is 4.23. The molecule has 0 unspecified atom stereocenters. The number of ketones is 1. The molecule has 5 rings (SSSR count). The normalized spacial score (nSPS) is 12.7. The molecule has 1 fully saturated rings. The fourth-order valence-corrected chi connectivity index (χ4v) is 4.23. The number of anilines is 2. The van der Waals surface area contributed by atoms with E-state index in [0.29, 0.717) is 23.8 Å².